The molecule has 0 bridgehead atoms. The van der Waals surface area contributed by atoms with Crippen LogP contribution in [0.15, 0.2) is 24.5 Å². The van der Waals surface area contributed by atoms with Gasteiger partial charge in [0.25, 0.3) is 6.43 Å². The van der Waals surface area contributed by atoms with Crippen molar-refractivity contribution in [2.24, 2.45) is 0 Å². The number of nitrogens with zero attached hydrogens (tertiary/aromatic N) is 4. The lowest BCUT2D eigenvalue weighted by Gasteiger charge is -2.35. The van der Waals surface area contributed by atoms with E-state index in [4.69, 9.17) is 9.47 Å². The highest BCUT2D eigenvalue weighted by molar-refractivity contribution is 5.70. The number of amides is 1. The van der Waals surface area contributed by atoms with E-state index >= 15 is 0 Å². The predicted octanol–water partition coefficient (Wildman–Crippen LogP) is 4.39. The number of benzene rings is 1. The third-order valence-corrected chi connectivity index (χ3v) is 4.43. The summed E-state index contributed by atoms with van der Waals surface area (Å²) in [5.74, 6) is -1.43. The molecule has 0 N–H and O–H groups in total. The molecule has 1 fully saturated rings. The summed E-state index contributed by atoms with van der Waals surface area (Å²) in [4.78, 5) is 17.6. The first-order chi connectivity index (χ1) is 13.4. The molecule has 1 aromatic heterocycles. The van der Waals surface area contributed by atoms with Crippen LogP contribution in [-0.2, 0) is 9.47 Å². The average molecular weight is 412 g/mol. The molecule has 3 rings (SSSR count). The van der Waals surface area contributed by atoms with Crippen LogP contribution >= 0.6 is 0 Å². The lowest BCUT2D eigenvalue weighted by Crippen LogP contribution is -2.47. The van der Waals surface area contributed by atoms with Gasteiger partial charge in [-0.05, 0) is 52.3 Å². The second-order valence-corrected chi connectivity index (χ2v) is 8.17. The van der Waals surface area contributed by atoms with Crippen LogP contribution in [0.3, 0.4) is 0 Å². The van der Waals surface area contributed by atoms with Crippen LogP contribution in [0.5, 0.6) is 0 Å². The molecule has 0 saturated carbocycles. The number of aromatic nitrogens is 3. The van der Waals surface area contributed by atoms with Gasteiger partial charge in [0.15, 0.2) is 5.82 Å². The minimum Gasteiger partial charge on any atom is -0.444 e. The number of carbonyl (C=O) groups excluding carboxylic acids is 1. The van der Waals surface area contributed by atoms with Gasteiger partial charge in [0, 0.05) is 0 Å². The van der Waals surface area contributed by atoms with Gasteiger partial charge in [-0.25, -0.2) is 27.6 Å². The number of alkyl halides is 2. The van der Waals surface area contributed by atoms with E-state index in [-0.39, 0.29) is 12.3 Å². The van der Waals surface area contributed by atoms with Crippen LogP contribution in [0, 0.1) is 5.82 Å². The third-order valence-electron chi connectivity index (χ3n) is 4.43. The highest BCUT2D eigenvalue weighted by Crippen LogP contribution is 2.38. The van der Waals surface area contributed by atoms with Crippen LogP contribution in [0.1, 0.15) is 58.5 Å². The Labute approximate surface area is 166 Å². The Hall–Kier alpha value is -2.62. The molecule has 0 spiro atoms. The topological polar surface area (TPSA) is 69.5 Å². The molecule has 2 aromatic rings. The number of hydrogen-bond acceptors (Lipinski definition) is 5. The summed E-state index contributed by atoms with van der Waals surface area (Å²) >= 11 is 0. The van der Waals surface area contributed by atoms with Crippen molar-refractivity contribution in [3.63, 3.8) is 0 Å². The first-order valence-corrected chi connectivity index (χ1v) is 9.05. The van der Waals surface area contributed by atoms with Crippen molar-refractivity contribution in [2.45, 2.75) is 58.4 Å². The lowest BCUT2D eigenvalue weighted by atomic mass is 10.0. The van der Waals surface area contributed by atoms with Gasteiger partial charge in [0.1, 0.15) is 29.2 Å². The minimum atomic E-state index is -2.90. The lowest BCUT2D eigenvalue weighted by molar-refractivity contribution is -0.0626. The average Bonchev–Trinajstić information content (AvgIpc) is 3.17. The Morgan fingerprint density at radius 3 is 2.62 bits per heavy atom. The third kappa shape index (κ3) is 4.21. The van der Waals surface area contributed by atoms with E-state index in [0.29, 0.717) is 5.56 Å². The first kappa shape index (κ1) is 21.1. The Balaban J connectivity index is 1.94. The standard InChI is InChI=1S/C19H23F3N4O3/c1-18(2,3)29-17(27)25-14(9-28-19(25,4)5)11-6-7-13(12(20)8-11)26-16(15(21)22)23-10-24-26/h6-8,10,14-15H,9H2,1-5H3. The second-order valence-electron chi connectivity index (χ2n) is 8.17. The Morgan fingerprint density at radius 1 is 1.34 bits per heavy atom. The predicted molar refractivity (Wildman–Crippen MR) is 97.1 cm³/mol. The number of rotatable bonds is 3. The van der Waals surface area contributed by atoms with Gasteiger partial charge in [0.05, 0.1) is 12.6 Å². The zero-order chi connectivity index (χ0) is 21.6. The van der Waals surface area contributed by atoms with E-state index in [1.54, 1.807) is 40.7 Å². The molecular weight excluding hydrogens is 389 g/mol. The van der Waals surface area contributed by atoms with Crippen molar-refractivity contribution in [1.29, 1.82) is 0 Å². The number of hydrogen-bond donors (Lipinski definition) is 0. The van der Waals surface area contributed by atoms with Crippen molar-refractivity contribution in [1.82, 2.24) is 19.7 Å². The Kier molecular flexibility index (Phi) is 5.33. The zero-order valence-electron chi connectivity index (χ0n) is 16.8. The van der Waals surface area contributed by atoms with Crippen LogP contribution in [0.4, 0.5) is 18.0 Å². The largest absolute Gasteiger partial charge is 0.444 e. The fraction of sp³-hybridized carbons (Fsp3) is 0.526. The highest BCUT2D eigenvalue weighted by atomic mass is 19.3. The monoisotopic (exact) mass is 412 g/mol. The molecule has 1 aromatic carbocycles. The molecule has 158 valence electrons. The molecule has 1 aliphatic rings. The molecule has 2 heterocycles. The van der Waals surface area contributed by atoms with Crippen LogP contribution in [0.2, 0.25) is 0 Å². The number of carbonyl (C=O) groups is 1. The summed E-state index contributed by atoms with van der Waals surface area (Å²) < 4.78 is 52.8. The van der Waals surface area contributed by atoms with E-state index in [1.807, 2.05) is 0 Å². The Morgan fingerprint density at radius 2 is 2.03 bits per heavy atom. The van der Waals surface area contributed by atoms with Crippen LogP contribution in [-0.4, -0.2) is 43.7 Å². The molecule has 0 aliphatic carbocycles. The van der Waals surface area contributed by atoms with E-state index in [1.165, 1.54) is 17.0 Å². The Bertz CT molecular complexity index is 908. The van der Waals surface area contributed by atoms with Crippen LogP contribution < -0.4 is 0 Å². The number of ether oxygens (including phenoxy) is 2. The quantitative estimate of drug-likeness (QED) is 0.748. The van der Waals surface area contributed by atoms with E-state index < -0.39 is 41.5 Å². The van der Waals surface area contributed by atoms with Gasteiger partial charge in [-0.1, -0.05) is 6.07 Å². The van der Waals surface area contributed by atoms with Gasteiger partial charge in [-0.3, -0.25) is 4.90 Å². The highest BCUT2D eigenvalue weighted by Gasteiger charge is 2.46. The van der Waals surface area contributed by atoms with E-state index in [9.17, 15) is 18.0 Å². The molecule has 1 saturated heterocycles. The fourth-order valence-electron chi connectivity index (χ4n) is 3.19. The van der Waals surface area contributed by atoms with Crippen molar-refractivity contribution >= 4 is 6.09 Å². The molecule has 1 aliphatic heterocycles. The molecule has 10 heteroatoms. The van der Waals surface area contributed by atoms with Gasteiger partial charge in [-0.2, -0.15) is 5.10 Å². The summed E-state index contributed by atoms with van der Waals surface area (Å²) in [6.07, 6.45) is -2.55. The van der Waals surface area contributed by atoms with Crippen molar-refractivity contribution in [3.8, 4) is 5.69 Å². The van der Waals surface area contributed by atoms with Crippen molar-refractivity contribution in [3.05, 3.63) is 41.7 Å². The van der Waals surface area contributed by atoms with Crippen molar-refractivity contribution in [2.75, 3.05) is 6.61 Å². The first-order valence-electron chi connectivity index (χ1n) is 9.05. The minimum absolute atomic E-state index is 0.136. The molecule has 1 atom stereocenters. The van der Waals surface area contributed by atoms with Gasteiger partial charge in [0.2, 0.25) is 0 Å². The van der Waals surface area contributed by atoms with E-state index in [0.717, 1.165) is 11.0 Å². The normalized spacial score (nSPS) is 19.1. The van der Waals surface area contributed by atoms with Gasteiger partial charge >= 0.3 is 6.09 Å². The maximum atomic E-state index is 14.8. The summed E-state index contributed by atoms with van der Waals surface area (Å²) in [7, 11) is 0. The summed E-state index contributed by atoms with van der Waals surface area (Å²) in [6, 6.07) is 3.44. The second kappa shape index (κ2) is 7.33. The van der Waals surface area contributed by atoms with Crippen LogP contribution in [0.25, 0.3) is 5.69 Å². The molecule has 0 radical (unpaired) electrons. The molecule has 29 heavy (non-hydrogen) atoms. The molecule has 1 unspecified atom stereocenters. The summed E-state index contributed by atoms with van der Waals surface area (Å²) in [5, 5.41) is 3.68. The fourth-order valence-corrected chi connectivity index (χ4v) is 3.19. The zero-order valence-corrected chi connectivity index (χ0v) is 16.8. The smallest absolute Gasteiger partial charge is 0.413 e. The molecule has 7 nitrogen and oxygen atoms in total. The molecule has 1 amide bonds. The number of halogens is 3. The van der Waals surface area contributed by atoms with Gasteiger partial charge in [-0.15, -0.1) is 0 Å². The van der Waals surface area contributed by atoms with Crippen molar-refractivity contribution < 1.29 is 27.4 Å². The van der Waals surface area contributed by atoms with Gasteiger partial charge < -0.3 is 9.47 Å². The van der Waals surface area contributed by atoms with E-state index in [2.05, 4.69) is 10.1 Å². The maximum absolute atomic E-state index is 14.8. The maximum Gasteiger partial charge on any atom is 0.413 e. The summed E-state index contributed by atoms with van der Waals surface area (Å²) in [6.45, 7) is 8.81. The SMILES string of the molecule is CC(C)(C)OC(=O)N1C(c2ccc(-n3ncnc3C(F)F)c(F)c2)COC1(C)C. The summed E-state index contributed by atoms with van der Waals surface area (Å²) in [5.41, 5.74) is -1.39. The molecular formula is C19H23F3N4O3.